The molecule has 3 rings (SSSR count). The van der Waals surface area contributed by atoms with Crippen LogP contribution in [-0.4, -0.2) is 58.5 Å². The third-order valence-corrected chi connectivity index (χ3v) is 8.78. The van der Waals surface area contributed by atoms with Crippen LogP contribution >= 0.6 is 11.6 Å². The average Bonchev–Trinajstić information content (AvgIpc) is 2.99. The minimum absolute atomic E-state index is 0.000578. The first kappa shape index (κ1) is 32.8. The molecule has 0 aliphatic heterocycles. The van der Waals surface area contributed by atoms with Crippen LogP contribution in [0.1, 0.15) is 32.8 Å². The van der Waals surface area contributed by atoms with Crippen molar-refractivity contribution in [3.8, 4) is 11.5 Å². The summed E-state index contributed by atoms with van der Waals surface area (Å²) in [5, 5.41) is 3.34. The molecule has 0 aliphatic rings. The molecule has 0 unspecified atom stereocenters. The number of halogens is 1. The van der Waals surface area contributed by atoms with Crippen molar-refractivity contribution in [2.75, 3.05) is 31.6 Å². The molecule has 0 aromatic heterocycles. The van der Waals surface area contributed by atoms with E-state index in [1.165, 1.54) is 37.3 Å². The summed E-state index contributed by atoms with van der Waals surface area (Å²) < 4.78 is 40.0. The number of nitrogens with zero attached hydrogens (tertiary/aromatic N) is 2. The van der Waals surface area contributed by atoms with Crippen molar-refractivity contribution in [3.63, 3.8) is 0 Å². The van der Waals surface area contributed by atoms with E-state index in [2.05, 4.69) is 5.32 Å². The minimum atomic E-state index is -4.27. The number of nitrogens with one attached hydrogen (secondary N) is 1. The third kappa shape index (κ3) is 7.95. The zero-order valence-corrected chi connectivity index (χ0v) is 26.1. The quantitative estimate of drug-likeness (QED) is 0.270. The van der Waals surface area contributed by atoms with Crippen LogP contribution in [0.5, 0.6) is 11.5 Å². The number of carbonyl (C=O) groups is 2. The normalized spacial score (nSPS) is 12.0. The Hall–Kier alpha value is -3.76. The zero-order valence-electron chi connectivity index (χ0n) is 24.5. The lowest BCUT2D eigenvalue weighted by Gasteiger charge is -2.33. The number of hydrogen-bond donors (Lipinski definition) is 1. The van der Waals surface area contributed by atoms with Crippen molar-refractivity contribution in [1.29, 1.82) is 0 Å². The van der Waals surface area contributed by atoms with Crippen LogP contribution in [0, 0.1) is 5.92 Å². The van der Waals surface area contributed by atoms with Gasteiger partial charge in [-0.15, -0.1) is 0 Å². The molecule has 0 spiro atoms. The Morgan fingerprint density at radius 1 is 0.952 bits per heavy atom. The van der Waals surface area contributed by atoms with Gasteiger partial charge in [0, 0.05) is 24.2 Å². The summed E-state index contributed by atoms with van der Waals surface area (Å²) >= 11 is 6.46. The van der Waals surface area contributed by atoms with Crippen LogP contribution in [0.2, 0.25) is 5.02 Å². The molecule has 11 heteroatoms. The van der Waals surface area contributed by atoms with Gasteiger partial charge in [0.25, 0.3) is 10.0 Å². The molecule has 0 fully saturated rings. The smallest absolute Gasteiger partial charge is 0.264 e. The van der Waals surface area contributed by atoms with E-state index in [9.17, 15) is 18.0 Å². The second-order valence-corrected chi connectivity index (χ2v) is 12.3. The Morgan fingerprint density at radius 2 is 1.62 bits per heavy atom. The van der Waals surface area contributed by atoms with Crippen LogP contribution in [0.4, 0.5) is 5.69 Å². The molecule has 3 aromatic carbocycles. The lowest BCUT2D eigenvalue weighted by molar-refractivity contribution is -0.140. The Labute approximate surface area is 253 Å². The van der Waals surface area contributed by atoms with E-state index in [0.717, 1.165) is 4.31 Å². The summed E-state index contributed by atoms with van der Waals surface area (Å²) in [6.45, 7) is 5.57. The van der Waals surface area contributed by atoms with Crippen molar-refractivity contribution < 1.29 is 27.5 Å². The second-order valence-electron chi connectivity index (χ2n) is 10.0. The Morgan fingerprint density at radius 3 is 2.21 bits per heavy atom. The first-order chi connectivity index (χ1) is 20.0. The second kappa shape index (κ2) is 14.9. The molecule has 9 nitrogen and oxygen atoms in total. The van der Waals surface area contributed by atoms with Crippen LogP contribution in [-0.2, 0) is 26.2 Å². The lowest BCUT2D eigenvalue weighted by Crippen LogP contribution is -2.52. The van der Waals surface area contributed by atoms with Gasteiger partial charge in [0.2, 0.25) is 11.8 Å². The summed E-state index contributed by atoms with van der Waals surface area (Å²) in [4.78, 5) is 29.0. The molecule has 0 bridgehead atoms. The summed E-state index contributed by atoms with van der Waals surface area (Å²) in [6, 6.07) is 18.7. The van der Waals surface area contributed by atoms with Crippen molar-refractivity contribution in [1.82, 2.24) is 10.2 Å². The van der Waals surface area contributed by atoms with Gasteiger partial charge in [-0.1, -0.05) is 68.8 Å². The molecule has 0 aliphatic carbocycles. The molecular weight excluding hydrogens is 578 g/mol. The Balaban J connectivity index is 2.13. The highest BCUT2D eigenvalue weighted by molar-refractivity contribution is 7.92. The predicted molar refractivity (Wildman–Crippen MR) is 164 cm³/mol. The Bertz CT molecular complexity index is 1470. The van der Waals surface area contributed by atoms with Gasteiger partial charge in [-0.25, -0.2) is 8.42 Å². The molecule has 3 aromatic rings. The molecule has 226 valence electrons. The zero-order chi connectivity index (χ0) is 30.9. The first-order valence-electron chi connectivity index (χ1n) is 13.6. The van der Waals surface area contributed by atoms with Crippen molar-refractivity contribution in [2.45, 2.75) is 44.7 Å². The van der Waals surface area contributed by atoms with E-state index in [-0.39, 0.29) is 34.7 Å². The highest BCUT2D eigenvalue weighted by Crippen LogP contribution is 2.36. The fraction of sp³-hybridized carbons (Fsp3) is 0.355. The fourth-order valence-electron chi connectivity index (χ4n) is 4.38. The van der Waals surface area contributed by atoms with Crippen LogP contribution in [0.15, 0.2) is 77.7 Å². The van der Waals surface area contributed by atoms with Crippen molar-refractivity contribution in [2.24, 2.45) is 5.92 Å². The highest BCUT2D eigenvalue weighted by Gasteiger charge is 2.35. The SMILES string of the molecule is CC[C@H](C(=O)NCC(C)C)N(Cc1ccccc1Cl)C(=O)CN(c1cc(OC)ccc1OC)S(=O)(=O)c1ccccc1. The molecule has 2 amide bonds. The molecule has 42 heavy (non-hydrogen) atoms. The number of hydrogen-bond acceptors (Lipinski definition) is 6. The molecular formula is C31H38ClN3O6S. The van der Waals surface area contributed by atoms with Gasteiger partial charge in [-0.2, -0.15) is 0 Å². The summed E-state index contributed by atoms with van der Waals surface area (Å²) in [7, 11) is -1.40. The van der Waals surface area contributed by atoms with E-state index in [1.807, 2.05) is 13.8 Å². The van der Waals surface area contributed by atoms with Gasteiger partial charge in [0.05, 0.1) is 24.8 Å². The van der Waals surface area contributed by atoms with Crippen LogP contribution in [0.25, 0.3) is 0 Å². The van der Waals surface area contributed by atoms with Gasteiger partial charge in [-0.3, -0.25) is 13.9 Å². The number of sulfonamides is 1. The van der Waals surface area contributed by atoms with E-state index in [4.69, 9.17) is 21.1 Å². The molecule has 0 saturated heterocycles. The third-order valence-electron chi connectivity index (χ3n) is 6.63. The number of ether oxygens (including phenoxy) is 2. The van der Waals surface area contributed by atoms with Gasteiger partial charge in [0.15, 0.2) is 0 Å². The predicted octanol–water partition coefficient (Wildman–Crippen LogP) is 5.13. The molecule has 0 radical (unpaired) electrons. The monoisotopic (exact) mass is 615 g/mol. The minimum Gasteiger partial charge on any atom is -0.497 e. The van der Waals surface area contributed by atoms with E-state index in [1.54, 1.807) is 61.5 Å². The first-order valence-corrected chi connectivity index (χ1v) is 15.5. The van der Waals surface area contributed by atoms with Gasteiger partial charge in [0.1, 0.15) is 24.1 Å². The molecule has 1 N–H and O–H groups in total. The number of methoxy groups -OCH3 is 2. The molecule has 0 saturated carbocycles. The number of amides is 2. The molecule has 0 heterocycles. The lowest BCUT2D eigenvalue weighted by atomic mass is 10.1. The van der Waals surface area contributed by atoms with Crippen LogP contribution < -0.4 is 19.1 Å². The standard InChI is InChI=1S/C31H38ClN3O6S/c1-6-27(31(37)33-19-22(2)3)34(20-23-12-10-11-15-26(23)32)30(36)21-35(42(38,39)25-13-8-7-9-14-25)28-18-24(40-4)16-17-29(28)41-5/h7-18,22,27H,6,19-21H2,1-5H3,(H,33,37)/t27-/m1/s1. The van der Waals surface area contributed by atoms with E-state index in [0.29, 0.717) is 29.3 Å². The summed E-state index contributed by atoms with van der Waals surface area (Å²) in [5.74, 6) is -0.124. The van der Waals surface area contributed by atoms with Gasteiger partial charge >= 0.3 is 0 Å². The summed E-state index contributed by atoms with van der Waals surface area (Å²) in [6.07, 6.45) is 0.300. The van der Waals surface area contributed by atoms with Crippen LogP contribution in [0.3, 0.4) is 0 Å². The van der Waals surface area contributed by atoms with E-state index < -0.39 is 28.5 Å². The van der Waals surface area contributed by atoms with Gasteiger partial charge in [-0.05, 0) is 48.2 Å². The van der Waals surface area contributed by atoms with E-state index >= 15 is 0 Å². The number of anilines is 1. The maximum absolute atomic E-state index is 14.2. The Kier molecular flexibility index (Phi) is 11.6. The molecule has 1 atom stereocenters. The largest absolute Gasteiger partial charge is 0.497 e. The number of benzene rings is 3. The van der Waals surface area contributed by atoms with Gasteiger partial charge < -0.3 is 19.7 Å². The van der Waals surface area contributed by atoms with Crippen molar-refractivity contribution in [3.05, 3.63) is 83.4 Å². The fourth-order valence-corrected chi connectivity index (χ4v) is 6.01. The highest BCUT2D eigenvalue weighted by atomic mass is 35.5. The van der Waals surface area contributed by atoms with Crippen molar-refractivity contribution >= 4 is 39.1 Å². The number of rotatable bonds is 14. The average molecular weight is 616 g/mol. The summed E-state index contributed by atoms with van der Waals surface area (Å²) in [5.41, 5.74) is 0.739. The topological polar surface area (TPSA) is 105 Å². The number of carbonyl (C=O) groups excluding carboxylic acids is 2. The maximum Gasteiger partial charge on any atom is 0.264 e. The maximum atomic E-state index is 14.2.